The highest BCUT2D eigenvalue weighted by Crippen LogP contribution is 2.39. The summed E-state index contributed by atoms with van der Waals surface area (Å²) >= 11 is 1.55. The van der Waals surface area contributed by atoms with Gasteiger partial charge in [-0.25, -0.2) is 19.2 Å². The van der Waals surface area contributed by atoms with Gasteiger partial charge in [0.25, 0.3) is 0 Å². The lowest BCUT2D eigenvalue weighted by Crippen LogP contribution is -2.40. The van der Waals surface area contributed by atoms with Crippen LogP contribution in [0.1, 0.15) is 82.2 Å². The minimum absolute atomic E-state index is 0.234. The number of anilines is 1. The van der Waals surface area contributed by atoms with E-state index in [0.717, 1.165) is 47.2 Å². The second-order valence-electron chi connectivity index (χ2n) is 12.7. The molecule has 3 aromatic heterocycles. The summed E-state index contributed by atoms with van der Waals surface area (Å²) in [5.74, 6) is 0.124. The van der Waals surface area contributed by atoms with Gasteiger partial charge in [-0.05, 0) is 70.6 Å². The van der Waals surface area contributed by atoms with Crippen molar-refractivity contribution in [2.24, 2.45) is 5.41 Å². The van der Waals surface area contributed by atoms with Crippen molar-refractivity contribution in [1.82, 2.24) is 19.6 Å². The van der Waals surface area contributed by atoms with E-state index >= 15 is 0 Å². The van der Waals surface area contributed by atoms with Crippen molar-refractivity contribution in [1.29, 1.82) is 0 Å². The van der Waals surface area contributed by atoms with E-state index in [1.165, 1.54) is 12.1 Å². The van der Waals surface area contributed by atoms with Gasteiger partial charge >= 0.3 is 5.97 Å². The van der Waals surface area contributed by atoms with Crippen LogP contribution in [0.2, 0.25) is 0 Å². The lowest BCUT2D eigenvalue weighted by atomic mass is 9.82. The first kappa shape index (κ1) is 30.1. The minimum atomic E-state index is -0.957. The molecule has 4 aromatic rings. The van der Waals surface area contributed by atoms with Crippen molar-refractivity contribution in [2.75, 3.05) is 24.6 Å². The molecule has 5 rings (SSSR count). The molecule has 10 heteroatoms. The zero-order valence-corrected chi connectivity index (χ0v) is 26.3. The van der Waals surface area contributed by atoms with Crippen LogP contribution in [0, 0.1) is 18.2 Å². The molecule has 0 aliphatic carbocycles. The van der Waals surface area contributed by atoms with Gasteiger partial charge in [-0.2, -0.15) is 9.61 Å². The van der Waals surface area contributed by atoms with Gasteiger partial charge in [0, 0.05) is 42.3 Å². The molecule has 0 radical (unpaired) electrons. The number of aryl methyl sites for hydroxylation is 1. The van der Waals surface area contributed by atoms with E-state index in [9.17, 15) is 9.18 Å². The van der Waals surface area contributed by atoms with E-state index in [-0.39, 0.29) is 17.8 Å². The van der Waals surface area contributed by atoms with Gasteiger partial charge in [0.1, 0.15) is 22.3 Å². The molecule has 1 aliphatic rings. The predicted molar refractivity (Wildman–Crippen MR) is 163 cm³/mol. The maximum absolute atomic E-state index is 13.4. The first-order chi connectivity index (χ1) is 19.8. The van der Waals surface area contributed by atoms with Crippen LogP contribution in [-0.2, 0) is 20.7 Å². The van der Waals surface area contributed by atoms with Gasteiger partial charge in [0.05, 0.1) is 17.8 Å². The van der Waals surface area contributed by atoms with Crippen LogP contribution in [0.4, 0.5) is 10.2 Å². The Labute approximate surface area is 250 Å². The number of piperidine rings is 1. The van der Waals surface area contributed by atoms with E-state index in [1.807, 2.05) is 44.5 Å². The second kappa shape index (κ2) is 11.7. The molecule has 0 unspecified atom stereocenters. The van der Waals surface area contributed by atoms with E-state index in [1.54, 1.807) is 30.4 Å². The Morgan fingerprint density at radius 3 is 2.50 bits per heavy atom. The number of esters is 1. The number of fused-ring (bicyclic) bond motifs is 1. The Bertz CT molecular complexity index is 1560. The average Bonchev–Trinajstić information content (AvgIpc) is 3.55. The van der Waals surface area contributed by atoms with Crippen LogP contribution in [0.5, 0.6) is 0 Å². The lowest BCUT2D eigenvalue weighted by molar-refractivity contribution is -0.166. The molecule has 0 amide bonds. The molecule has 4 heterocycles. The first-order valence-electron chi connectivity index (χ1n) is 14.5. The summed E-state index contributed by atoms with van der Waals surface area (Å²) in [7, 11) is 0. The number of hydrogen-bond acceptors (Lipinski definition) is 8. The van der Waals surface area contributed by atoms with E-state index in [2.05, 4.69) is 23.7 Å². The number of halogens is 1. The number of hydrogen-bond donors (Lipinski definition) is 0. The van der Waals surface area contributed by atoms with Crippen molar-refractivity contribution >= 4 is 28.8 Å². The topological polar surface area (TPSA) is 81.8 Å². The third-order valence-corrected chi connectivity index (χ3v) is 8.54. The molecule has 1 saturated heterocycles. The maximum atomic E-state index is 13.4. The van der Waals surface area contributed by atoms with Crippen LogP contribution in [0.25, 0.3) is 16.3 Å². The summed E-state index contributed by atoms with van der Waals surface area (Å²) in [4.78, 5) is 26.3. The van der Waals surface area contributed by atoms with Crippen molar-refractivity contribution in [2.45, 2.75) is 79.4 Å². The zero-order chi connectivity index (χ0) is 30.2. The standard InChI is InChI=1S/C32H40FN5O3S/c1-8-40-30(39)27(41-31(3,4)5)26-20(2)35-25-18-24(36-38(25)29(26)37-15-13-32(6,7)14-16-37)28-34-19-23(42-28)17-21-9-11-22(33)12-10-21/h9-12,18-19,27H,8,13-17H2,1-7H3/t27-/m0/s1. The maximum Gasteiger partial charge on any atom is 0.340 e. The summed E-state index contributed by atoms with van der Waals surface area (Å²) < 4.78 is 27.1. The van der Waals surface area contributed by atoms with E-state index in [4.69, 9.17) is 19.6 Å². The molecule has 42 heavy (non-hydrogen) atoms. The van der Waals surface area contributed by atoms with Crippen molar-refractivity contribution in [3.8, 4) is 10.7 Å². The number of rotatable bonds is 8. The fourth-order valence-corrected chi connectivity index (χ4v) is 6.16. The quantitative estimate of drug-likeness (QED) is 0.205. The Balaban J connectivity index is 1.60. The van der Waals surface area contributed by atoms with Crippen molar-refractivity contribution < 1.29 is 18.7 Å². The molecule has 0 N–H and O–H groups in total. The van der Waals surface area contributed by atoms with Gasteiger partial charge in [0.2, 0.25) is 0 Å². The Kier molecular flexibility index (Phi) is 8.40. The lowest BCUT2D eigenvalue weighted by Gasteiger charge is -2.39. The van der Waals surface area contributed by atoms with E-state index in [0.29, 0.717) is 29.0 Å². The molecular formula is C32H40FN5O3S. The molecule has 0 bridgehead atoms. The fourth-order valence-electron chi connectivity index (χ4n) is 5.26. The minimum Gasteiger partial charge on any atom is -0.464 e. The number of ether oxygens (including phenoxy) is 2. The normalized spacial score (nSPS) is 16.1. The molecule has 1 atom stereocenters. The number of carbonyl (C=O) groups excluding carboxylic acids is 1. The largest absolute Gasteiger partial charge is 0.464 e. The van der Waals surface area contributed by atoms with Gasteiger partial charge in [-0.1, -0.05) is 26.0 Å². The summed E-state index contributed by atoms with van der Waals surface area (Å²) in [6, 6.07) is 8.47. The molecule has 0 saturated carbocycles. The Hall–Kier alpha value is -3.37. The fraction of sp³-hybridized carbons (Fsp3) is 0.500. The van der Waals surface area contributed by atoms with Crippen LogP contribution in [0.3, 0.4) is 0 Å². The van der Waals surface area contributed by atoms with Gasteiger partial charge in [-0.3, -0.25) is 0 Å². The Morgan fingerprint density at radius 1 is 1.17 bits per heavy atom. The summed E-state index contributed by atoms with van der Waals surface area (Å²) in [6.45, 7) is 16.0. The zero-order valence-electron chi connectivity index (χ0n) is 25.5. The SMILES string of the molecule is CCOC(=O)[C@@H](OC(C)(C)C)c1c(C)nc2cc(-c3ncc(Cc4ccc(F)cc4)s3)nn2c1N1CCC(C)(C)CC1. The highest BCUT2D eigenvalue weighted by Gasteiger charge is 2.37. The number of carbonyl (C=O) groups is 1. The van der Waals surface area contributed by atoms with Crippen LogP contribution < -0.4 is 4.90 Å². The molecule has 0 spiro atoms. The first-order valence-corrected chi connectivity index (χ1v) is 15.3. The van der Waals surface area contributed by atoms with Gasteiger partial charge < -0.3 is 14.4 Å². The molecule has 1 aromatic carbocycles. The van der Waals surface area contributed by atoms with Crippen LogP contribution >= 0.6 is 11.3 Å². The van der Waals surface area contributed by atoms with Gasteiger partial charge in [-0.15, -0.1) is 11.3 Å². The average molecular weight is 594 g/mol. The molecular weight excluding hydrogens is 553 g/mol. The Morgan fingerprint density at radius 2 is 1.86 bits per heavy atom. The monoisotopic (exact) mass is 593 g/mol. The third-order valence-electron chi connectivity index (χ3n) is 7.52. The van der Waals surface area contributed by atoms with Crippen LogP contribution in [-0.4, -0.2) is 50.8 Å². The smallest absolute Gasteiger partial charge is 0.340 e. The van der Waals surface area contributed by atoms with Crippen molar-refractivity contribution in [3.63, 3.8) is 0 Å². The summed E-state index contributed by atoms with van der Waals surface area (Å²) in [5, 5.41) is 5.79. The number of thiazole rings is 1. The summed E-state index contributed by atoms with van der Waals surface area (Å²) in [6.07, 6.45) is 3.56. The van der Waals surface area contributed by atoms with Crippen LogP contribution in [0.15, 0.2) is 36.5 Å². The highest BCUT2D eigenvalue weighted by molar-refractivity contribution is 7.15. The highest BCUT2D eigenvalue weighted by atomic mass is 32.1. The number of aromatic nitrogens is 4. The molecule has 1 aliphatic heterocycles. The number of benzene rings is 1. The van der Waals surface area contributed by atoms with E-state index < -0.39 is 17.7 Å². The molecule has 1 fully saturated rings. The predicted octanol–water partition coefficient (Wildman–Crippen LogP) is 6.94. The second-order valence-corrected chi connectivity index (χ2v) is 13.8. The molecule has 224 valence electrons. The molecule has 8 nitrogen and oxygen atoms in total. The van der Waals surface area contributed by atoms with Gasteiger partial charge in [0.15, 0.2) is 11.8 Å². The third kappa shape index (κ3) is 6.65. The summed E-state index contributed by atoms with van der Waals surface area (Å²) in [5.41, 5.74) is 3.42. The van der Waals surface area contributed by atoms with Crippen molar-refractivity contribution in [3.05, 3.63) is 64.0 Å². The number of nitrogens with zero attached hydrogens (tertiary/aromatic N) is 5.